The molecule has 1 unspecified atom stereocenters. The van der Waals surface area contributed by atoms with Crippen molar-refractivity contribution in [3.63, 3.8) is 0 Å². The minimum absolute atomic E-state index is 0.579. The van der Waals surface area contributed by atoms with E-state index in [2.05, 4.69) is 22.3 Å². The number of hydrogen-bond acceptors (Lipinski definition) is 3. The standard InChI is InChI=1S/C11H20N4/c1-4-12-11(10-5-6-10)7-15-9(3)13-8(2)14-15/h10-12H,4-7H2,1-3H3. The van der Waals surface area contributed by atoms with Gasteiger partial charge in [-0.3, -0.25) is 0 Å². The first-order valence-corrected chi connectivity index (χ1v) is 5.82. The van der Waals surface area contributed by atoms with Gasteiger partial charge < -0.3 is 5.32 Å². The summed E-state index contributed by atoms with van der Waals surface area (Å²) >= 11 is 0. The predicted molar refractivity (Wildman–Crippen MR) is 59.7 cm³/mol. The monoisotopic (exact) mass is 208 g/mol. The van der Waals surface area contributed by atoms with Crippen molar-refractivity contribution in [2.24, 2.45) is 5.92 Å². The van der Waals surface area contributed by atoms with Gasteiger partial charge in [-0.05, 0) is 39.2 Å². The first-order valence-electron chi connectivity index (χ1n) is 5.82. The van der Waals surface area contributed by atoms with E-state index in [4.69, 9.17) is 0 Å². The summed E-state index contributed by atoms with van der Waals surface area (Å²) < 4.78 is 2.03. The Hall–Kier alpha value is -0.900. The van der Waals surface area contributed by atoms with Gasteiger partial charge in [-0.1, -0.05) is 6.92 Å². The van der Waals surface area contributed by atoms with Crippen molar-refractivity contribution < 1.29 is 0 Å². The van der Waals surface area contributed by atoms with Crippen LogP contribution in [0.2, 0.25) is 0 Å². The van der Waals surface area contributed by atoms with Gasteiger partial charge in [0.25, 0.3) is 0 Å². The fourth-order valence-corrected chi connectivity index (χ4v) is 2.06. The highest BCUT2D eigenvalue weighted by Gasteiger charge is 2.31. The zero-order valence-corrected chi connectivity index (χ0v) is 9.82. The van der Waals surface area contributed by atoms with Gasteiger partial charge in [0, 0.05) is 6.04 Å². The summed E-state index contributed by atoms with van der Waals surface area (Å²) in [6.07, 6.45) is 2.73. The number of rotatable bonds is 5. The predicted octanol–water partition coefficient (Wildman–Crippen LogP) is 1.28. The molecule has 0 saturated heterocycles. The molecule has 1 fully saturated rings. The fraction of sp³-hybridized carbons (Fsp3) is 0.818. The molecule has 1 atom stereocenters. The molecule has 0 amide bonds. The smallest absolute Gasteiger partial charge is 0.147 e. The molecule has 2 rings (SSSR count). The molecule has 0 aromatic carbocycles. The first-order chi connectivity index (χ1) is 7.20. The van der Waals surface area contributed by atoms with Crippen molar-refractivity contribution in [2.75, 3.05) is 6.54 Å². The highest BCUT2D eigenvalue weighted by atomic mass is 15.4. The maximum atomic E-state index is 4.41. The summed E-state index contributed by atoms with van der Waals surface area (Å²) in [5, 5.41) is 7.95. The van der Waals surface area contributed by atoms with E-state index >= 15 is 0 Å². The van der Waals surface area contributed by atoms with Crippen LogP contribution in [0.5, 0.6) is 0 Å². The number of nitrogens with zero attached hydrogens (tertiary/aromatic N) is 3. The SMILES string of the molecule is CCNC(Cn1nc(C)nc1C)C1CC1. The Bertz CT molecular complexity index is 327. The molecule has 84 valence electrons. The summed E-state index contributed by atoms with van der Waals surface area (Å²) in [5.41, 5.74) is 0. The minimum Gasteiger partial charge on any atom is -0.312 e. The molecule has 15 heavy (non-hydrogen) atoms. The van der Waals surface area contributed by atoms with Crippen molar-refractivity contribution in [1.82, 2.24) is 20.1 Å². The van der Waals surface area contributed by atoms with Crippen LogP contribution < -0.4 is 5.32 Å². The minimum atomic E-state index is 0.579. The quantitative estimate of drug-likeness (QED) is 0.792. The Morgan fingerprint density at radius 2 is 2.20 bits per heavy atom. The highest BCUT2D eigenvalue weighted by molar-refractivity contribution is 4.92. The number of aryl methyl sites for hydroxylation is 2. The second-order valence-electron chi connectivity index (χ2n) is 4.39. The van der Waals surface area contributed by atoms with Crippen LogP contribution >= 0.6 is 0 Å². The van der Waals surface area contributed by atoms with E-state index < -0.39 is 0 Å². The topological polar surface area (TPSA) is 42.7 Å². The molecule has 4 nitrogen and oxygen atoms in total. The number of aromatic nitrogens is 3. The van der Waals surface area contributed by atoms with Crippen LogP contribution in [0, 0.1) is 19.8 Å². The average molecular weight is 208 g/mol. The lowest BCUT2D eigenvalue weighted by Gasteiger charge is -2.17. The van der Waals surface area contributed by atoms with Crippen molar-refractivity contribution in [3.05, 3.63) is 11.6 Å². The molecule has 0 aliphatic heterocycles. The molecule has 0 radical (unpaired) electrons. The van der Waals surface area contributed by atoms with E-state index in [9.17, 15) is 0 Å². The lowest BCUT2D eigenvalue weighted by molar-refractivity contribution is 0.391. The lowest BCUT2D eigenvalue weighted by atomic mass is 10.2. The van der Waals surface area contributed by atoms with E-state index in [-0.39, 0.29) is 0 Å². The highest BCUT2D eigenvalue weighted by Crippen LogP contribution is 2.33. The molecule has 1 aliphatic rings. The van der Waals surface area contributed by atoms with E-state index in [1.165, 1.54) is 12.8 Å². The summed E-state index contributed by atoms with van der Waals surface area (Å²) in [6.45, 7) is 8.13. The summed E-state index contributed by atoms with van der Waals surface area (Å²) in [7, 11) is 0. The van der Waals surface area contributed by atoms with E-state index in [0.717, 1.165) is 30.7 Å². The van der Waals surface area contributed by atoms with Gasteiger partial charge in [-0.25, -0.2) is 9.67 Å². The van der Waals surface area contributed by atoms with Crippen LogP contribution in [0.15, 0.2) is 0 Å². The molecule has 1 aliphatic carbocycles. The van der Waals surface area contributed by atoms with Crippen molar-refractivity contribution in [3.8, 4) is 0 Å². The van der Waals surface area contributed by atoms with E-state index in [0.29, 0.717) is 6.04 Å². The molecule has 1 N–H and O–H groups in total. The van der Waals surface area contributed by atoms with E-state index in [1.54, 1.807) is 0 Å². The van der Waals surface area contributed by atoms with Gasteiger partial charge >= 0.3 is 0 Å². The Labute approximate surface area is 91.1 Å². The van der Waals surface area contributed by atoms with Crippen LogP contribution in [0.25, 0.3) is 0 Å². The zero-order chi connectivity index (χ0) is 10.8. The molecule has 1 aromatic rings. The van der Waals surface area contributed by atoms with Crippen LogP contribution in [-0.4, -0.2) is 27.4 Å². The molecule has 1 saturated carbocycles. The zero-order valence-electron chi connectivity index (χ0n) is 9.82. The summed E-state index contributed by atoms with van der Waals surface area (Å²) in [5.74, 6) is 2.75. The normalized spacial score (nSPS) is 18.1. The van der Waals surface area contributed by atoms with Gasteiger partial charge in [-0.15, -0.1) is 0 Å². The van der Waals surface area contributed by atoms with Gasteiger partial charge in [-0.2, -0.15) is 5.10 Å². The van der Waals surface area contributed by atoms with Crippen molar-refractivity contribution in [1.29, 1.82) is 0 Å². The van der Waals surface area contributed by atoms with Crippen LogP contribution in [0.4, 0.5) is 0 Å². The maximum absolute atomic E-state index is 4.41. The van der Waals surface area contributed by atoms with Crippen molar-refractivity contribution in [2.45, 2.75) is 46.2 Å². The average Bonchev–Trinajstić information content (AvgIpc) is 2.94. The molecule has 1 aromatic heterocycles. The number of nitrogens with one attached hydrogen (secondary N) is 1. The first kappa shape index (κ1) is 10.6. The van der Waals surface area contributed by atoms with E-state index in [1.807, 2.05) is 18.5 Å². The molecule has 0 spiro atoms. The molecular weight excluding hydrogens is 188 g/mol. The van der Waals surface area contributed by atoms with Gasteiger partial charge in [0.05, 0.1) is 6.54 Å². The third kappa shape index (κ3) is 2.56. The van der Waals surface area contributed by atoms with Crippen LogP contribution in [-0.2, 0) is 6.54 Å². The third-order valence-corrected chi connectivity index (χ3v) is 2.99. The Kier molecular flexibility index (Phi) is 3.05. The summed E-state index contributed by atoms with van der Waals surface area (Å²) in [6, 6.07) is 0.579. The Balaban J connectivity index is 2.01. The van der Waals surface area contributed by atoms with Crippen molar-refractivity contribution >= 4 is 0 Å². The second-order valence-corrected chi connectivity index (χ2v) is 4.39. The molecular formula is C11H20N4. The third-order valence-electron chi connectivity index (χ3n) is 2.99. The number of likely N-dealkylation sites (N-methyl/N-ethyl adjacent to an activating group) is 1. The van der Waals surface area contributed by atoms with Crippen LogP contribution in [0.3, 0.4) is 0 Å². The van der Waals surface area contributed by atoms with Gasteiger partial charge in [0.15, 0.2) is 0 Å². The lowest BCUT2D eigenvalue weighted by Crippen LogP contribution is -2.35. The van der Waals surface area contributed by atoms with Crippen LogP contribution in [0.1, 0.15) is 31.4 Å². The fourth-order valence-electron chi connectivity index (χ4n) is 2.06. The Morgan fingerprint density at radius 1 is 1.47 bits per heavy atom. The largest absolute Gasteiger partial charge is 0.312 e. The second kappa shape index (κ2) is 4.31. The van der Waals surface area contributed by atoms with Gasteiger partial charge in [0.2, 0.25) is 0 Å². The summed E-state index contributed by atoms with van der Waals surface area (Å²) in [4.78, 5) is 4.33. The Morgan fingerprint density at radius 3 is 2.67 bits per heavy atom. The number of hydrogen-bond donors (Lipinski definition) is 1. The molecule has 0 bridgehead atoms. The molecule has 1 heterocycles. The maximum Gasteiger partial charge on any atom is 0.147 e. The molecule has 4 heteroatoms. The van der Waals surface area contributed by atoms with Gasteiger partial charge in [0.1, 0.15) is 11.6 Å².